The molecule has 0 aliphatic rings. The Hall–Kier alpha value is -0.160. The van der Waals surface area contributed by atoms with E-state index in [1.165, 1.54) is 6.92 Å². The fraction of sp³-hybridized carbons (Fsp3) is 1.00. The molecule has 0 aliphatic carbocycles. The predicted octanol–water partition coefficient (Wildman–Crippen LogP) is 0.155. The molecule has 0 heterocycles. The molecule has 0 fully saturated rings. The first kappa shape index (κ1) is 15.3. The SMILES string of the molecule is CC(O)CO.CCCCOCCO. The molecule has 0 rings (SSSR count). The van der Waals surface area contributed by atoms with Crippen molar-refractivity contribution in [1.29, 1.82) is 0 Å². The van der Waals surface area contributed by atoms with Crippen LogP contribution in [-0.4, -0.2) is 47.9 Å². The van der Waals surface area contributed by atoms with Crippen LogP contribution in [0, 0.1) is 0 Å². The molecule has 13 heavy (non-hydrogen) atoms. The smallest absolute Gasteiger partial charge is 0.0742 e. The topological polar surface area (TPSA) is 69.9 Å². The number of rotatable bonds is 6. The van der Waals surface area contributed by atoms with Gasteiger partial charge in [-0.25, -0.2) is 0 Å². The van der Waals surface area contributed by atoms with Gasteiger partial charge in [-0.1, -0.05) is 13.3 Å². The molecule has 1 unspecified atom stereocenters. The lowest BCUT2D eigenvalue weighted by Crippen LogP contribution is -2.03. The Morgan fingerprint density at radius 1 is 1.23 bits per heavy atom. The van der Waals surface area contributed by atoms with E-state index < -0.39 is 6.10 Å². The molecule has 0 spiro atoms. The summed E-state index contributed by atoms with van der Waals surface area (Å²) in [5, 5.41) is 24.2. The highest BCUT2D eigenvalue weighted by Crippen LogP contribution is 1.85. The molecule has 0 aromatic carbocycles. The molecule has 0 bridgehead atoms. The normalized spacial score (nSPS) is 11.8. The maximum Gasteiger partial charge on any atom is 0.0742 e. The van der Waals surface area contributed by atoms with Crippen molar-refractivity contribution in [3.63, 3.8) is 0 Å². The number of ether oxygens (including phenoxy) is 1. The van der Waals surface area contributed by atoms with E-state index in [9.17, 15) is 0 Å². The Kier molecular flexibility index (Phi) is 16.9. The Morgan fingerprint density at radius 2 is 1.77 bits per heavy atom. The minimum absolute atomic E-state index is 0.139. The van der Waals surface area contributed by atoms with Crippen LogP contribution in [0.4, 0.5) is 0 Å². The van der Waals surface area contributed by atoms with E-state index in [-0.39, 0.29) is 13.2 Å². The largest absolute Gasteiger partial charge is 0.394 e. The highest BCUT2D eigenvalue weighted by Gasteiger charge is 1.83. The number of unbranched alkanes of at least 4 members (excludes halogenated alkanes) is 1. The standard InChI is InChI=1S/C6H14O2.C3H8O2/c1-2-3-5-8-6-4-7;1-3(5)2-4/h7H,2-6H2,1H3;3-5H,2H2,1H3. The molecule has 4 heteroatoms. The van der Waals surface area contributed by atoms with Gasteiger partial charge in [-0.05, 0) is 13.3 Å². The van der Waals surface area contributed by atoms with Crippen molar-refractivity contribution in [1.82, 2.24) is 0 Å². The average Bonchev–Trinajstić information content (AvgIpc) is 2.14. The molecular weight excluding hydrogens is 172 g/mol. The first-order valence-corrected chi connectivity index (χ1v) is 4.66. The van der Waals surface area contributed by atoms with E-state index in [4.69, 9.17) is 20.1 Å². The Bertz CT molecular complexity index is 70.0. The lowest BCUT2D eigenvalue weighted by molar-refractivity contribution is 0.0904. The van der Waals surface area contributed by atoms with Crippen molar-refractivity contribution in [2.45, 2.75) is 32.8 Å². The second kappa shape index (κ2) is 14.4. The van der Waals surface area contributed by atoms with Crippen LogP contribution in [0.1, 0.15) is 26.7 Å². The third-order valence-electron chi connectivity index (χ3n) is 1.14. The zero-order valence-corrected chi connectivity index (χ0v) is 8.57. The molecule has 0 saturated carbocycles. The van der Waals surface area contributed by atoms with Crippen LogP contribution in [0.3, 0.4) is 0 Å². The van der Waals surface area contributed by atoms with E-state index in [0.717, 1.165) is 19.4 Å². The second-order valence-electron chi connectivity index (χ2n) is 2.72. The summed E-state index contributed by atoms with van der Waals surface area (Å²) < 4.78 is 4.97. The summed E-state index contributed by atoms with van der Waals surface area (Å²) in [6.07, 6.45) is 1.70. The van der Waals surface area contributed by atoms with Crippen LogP contribution in [0.2, 0.25) is 0 Å². The fourth-order valence-corrected chi connectivity index (χ4v) is 0.413. The van der Waals surface area contributed by atoms with Crippen LogP contribution in [-0.2, 0) is 4.74 Å². The summed E-state index contributed by atoms with van der Waals surface area (Å²) in [5.41, 5.74) is 0. The molecule has 82 valence electrons. The molecule has 3 N–H and O–H groups in total. The van der Waals surface area contributed by atoms with E-state index in [0.29, 0.717) is 6.61 Å². The summed E-state index contributed by atoms with van der Waals surface area (Å²) >= 11 is 0. The fourth-order valence-electron chi connectivity index (χ4n) is 0.413. The average molecular weight is 194 g/mol. The molecule has 0 aromatic rings. The third-order valence-corrected chi connectivity index (χ3v) is 1.14. The Labute approximate surface area is 80.2 Å². The van der Waals surface area contributed by atoms with Crippen LogP contribution in [0.5, 0.6) is 0 Å². The Balaban J connectivity index is 0. The highest BCUT2D eigenvalue weighted by atomic mass is 16.5. The third kappa shape index (κ3) is 24.5. The molecule has 0 aromatic heterocycles. The first-order valence-electron chi connectivity index (χ1n) is 4.66. The van der Waals surface area contributed by atoms with Gasteiger partial charge in [0.2, 0.25) is 0 Å². The van der Waals surface area contributed by atoms with Gasteiger partial charge in [0, 0.05) is 6.61 Å². The van der Waals surface area contributed by atoms with Crippen molar-refractivity contribution in [2.24, 2.45) is 0 Å². The van der Waals surface area contributed by atoms with Gasteiger partial charge >= 0.3 is 0 Å². The quantitative estimate of drug-likeness (QED) is 0.527. The second-order valence-corrected chi connectivity index (χ2v) is 2.72. The maximum absolute atomic E-state index is 8.24. The lowest BCUT2D eigenvalue weighted by atomic mass is 10.4. The van der Waals surface area contributed by atoms with Gasteiger partial charge in [0.1, 0.15) is 0 Å². The summed E-state index contributed by atoms with van der Waals surface area (Å²) in [6.45, 7) is 4.92. The van der Waals surface area contributed by atoms with Crippen molar-refractivity contribution < 1.29 is 20.1 Å². The molecule has 0 aliphatic heterocycles. The first-order chi connectivity index (χ1) is 6.18. The summed E-state index contributed by atoms with van der Waals surface area (Å²) in [4.78, 5) is 0. The van der Waals surface area contributed by atoms with Gasteiger partial charge in [-0.2, -0.15) is 0 Å². The molecule has 4 nitrogen and oxygen atoms in total. The molecule has 0 radical (unpaired) electrons. The monoisotopic (exact) mass is 194 g/mol. The molecule has 1 atom stereocenters. The van der Waals surface area contributed by atoms with Crippen molar-refractivity contribution in [3.05, 3.63) is 0 Å². The van der Waals surface area contributed by atoms with Crippen molar-refractivity contribution >= 4 is 0 Å². The van der Waals surface area contributed by atoms with Crippen LogP contribution in [0.15, 0.2) is 0 Å². The summed E-state index contributed by atoms with van der Waals surface area (Å²) in [7, 11) is 0. The van der Waals surface area contributed by atoms with E-state index in [1.807, 2.05) is 0 Å². The minimum Gasteiger partial charge on any atom is -0.394 e. The zero-order chi connectivity index (χ0) is 10.5. The number of hydrogen-bond donors (Lipinski definition) is 3. The van der Waals surface area contributed by atoms with Gasteiger partial charge in [0.15, 0.2) is 0 Å². The Morgan fingerprint density at radius 3 is 2.08 bits per heavy atom. The number of hydrogen-bond acceptors (Lipinski definition) is 4. The predicted molar refractivity (Wildman–Crippen MR) is 51.6 cm³/mol. The van der Waals surface area contributed by atoms with Crippen LogP contribution < -0.4 is 0 Å². The summed E-state index contributed by atoms with van der Waals surface area (Å²) in [5.74, 6) is 0. The molecule has 0 saturated heterocycles. The van der Waals surface area contributed by atoms with E-state index >= 15 is 0 Å². The number of aliphatic hydroxyl groups excluding tert-OH is 3. The van der Waals surface area contributed by atoms with Crippen LogP contribution >= 0.6 is 0 Å². The maximum atomic E-state index is 8.24. The summed E-state index contributed by atoms with van der Waals surface area (Å²) in [6, 6.07) is 0. The number of aliphatic hydroxyl groups is 3. The van der Waals surface area contributed by atoms with Gasteiger partial charge in [0.05, 0.1) is 25.9 Å². The lowest BCUT2D eigenvalue weighted by Gasteiger charge is -1.97. The highest BCUT2D eigenvalue weighted by molar-refractivity contribution is 4.34. The van der Waals surface area contributed by atoms with Gasteiger partial charge in [-0.3, -0.25) is 0 Å². The molecular formula is C9H22O4. The van der Waals surface area contributed by atoms with Crippen molar-refractivity contribution in [3.8, 4) is 0 Å². The van der Waals surface area contributed by atoms with Gasteiger partial charge in [-0.15, -0.1) is 0 Å². The van der Waals surface area contributed by atoms with E-state index in [2.05, 4.69) is 6.92 Å². The van der Waals surface area contributed by atoms with Crippen LogP contribution in [0.25, 0.3) is 0 Å². The minimum atomic E-state index is -0.560. The van der Waals surface area contributed by atoms with E-state index in [1.54, 1.807) is 0 Å². The molecule has 0 amide bonds. The zero-order valence-electron chi connectivity index (χ0n) is 8.57. The van der Waals surface area contributed by atoms with Gasteiger partial charge in [0.25, 0.3) is 0 Å². The van der Waals surface area contributed by atoms with Crippen molar-refractivity contribution in [2.75, 3.05) is 26.4 Å². The van der Waals surface area contributed by atoms with Gasteiger partial charge < -0.3 is 20.1 Å².